The zero-order valence-corrected chi connectivity index (χ0v) is 18.9. The van der Waals surface area contributed by atoms with E-state index in [4.69, 9.17) is 29.9 Å². The minimum absolute atomic E-state index is 0.0125. The molecule has 0 fully saturated rings. The van der Waals surface area contributed by atoms with Crippen LogP contribution in [-0.2, 0) is 6.18 Å². The maximum Gasteiger partial charge on any atom is 0.420 e. The topological polar surface area (TPSA) is 104 Å². The molecule has 7 nitrogen and oxygen atoms in total. The number of ether oxygens (including phenoxy) is 4. The van der Waals surface area contributed by atoms with Crippen LogP contribution in [0.5, 0.6) is 28.7 Å². The second-order valence-corrected chi connectivity index (χ2v) is 7.57. The number of nitrogens with two attached hydrogens (primary N) is 1. The summed E-state index contributed by atoms with van der Waals surface area (Å²) in [5.41, 5.74) is 5.06. The van der Waals surface area contributed by atoms with Gasteiger partial charge in [0.05, 0.1) is 29.9 Å². The minimum Gasteiger partial charge on any atom is -0.493 e. The lowest BCUT2D eigenvalue weighted by atomic mass is 10.1. The van der Waals surface area contributed by atoms with Crippen molar-refractivity contribution in [1.29, 1.82) is 5.26 Å². The van der Waals surface area contributed by atoms with Crippen molar-refractivity contribution in [2.45, 2.75) is 6.18 Å². The summed E-state index contributed by atoms with van der Waals surface area (Å²) in [6.07, 6.45) is -3.25. The number of nitrogens with zero attached hydrogens (tertiary/aromatic N) is 1. The van der Waals surface area contributed by atoms with Gasteiger partial charge in [0.2, 0.25) is 5.78 Å². The summed E-state index contributed by atoms with van der Waals surface area (Å²) in [6.45, 7) is 0.656. The highest BCUT2D eigenvalue weighted by Crippen LogP contribution is 2.41. The number of carbonyl (C=O) groups is 1. The van der Waals surface area contributed by atoms with Crippen LogP contribution < -0.4 is 24.7 Å². The van der Waals surface area contributed by atoms with Crippen LogP contribution in [-0.4, -0.2) is 26.0 Å². The Morgan fingerprint density at radius 1 is 1.06 bits per heavy atom. The van der Waals surface area contributed by atoms with E-state index in [1.54, 1.807) is 24.3 Å². The van der Waals surface area contributed by atoms with E-state index < -0.39 is 17.5 Å². The first-order chi connectivity index (χ1) is 17.2. The molecule has 0 amide bonds. The molecule has 3 aromatic rings. The van der Waals surface area contributed by atoms with E-state index in [1.165, 1.54) is 37.5 Å². The predicted octanol–water partition coefficient (Wildman–Crippen LogP) is 5.33. The van der Waals surface area contributed by atoms with Gasteiger partial charge in [0.1, 0.15) is 23.9 Å². The minimum atomic E-state index is -4.73. The second kappa shape index (κ2) is 10.0. The zero-order valence-electron chi connectivity index (χ0n) is 18.9. The summed E-state index contributed by atoms with van der Waals surface area (Å²) >= 11 is 0. The second-order valence-electron chi connectivity index (χ2n) is 7.57. The first kappa shape index (κ1) is 24.6. The van der Waals surface area contributed by atoms with Crippen molar-refractivity contribution in [1.82, 2.24) is 0 Å². The fraction of sp³-hybridized carbons (Fsp3) is 0.154. The molecule has 0 saturated carbocycles. The number of halogens is 3. The van der Waals surface area contributed by atoms with Gasteiger partial charge in [-0.3, -0.25) is 4.79 Å². The summed E-state index contributed by atoms with van der Waals surface area (Å²) < 4.78 is 62.4. The zero-order chi connectivity index (χ0) is 25.9. The number of rotatable bonds is 7. The lowest BCUT2D eigenvalue weighted by molar-refractivity contribution is -0.138. The van der Waals surface area contributed by atoms with Gasteiger partial charge in [0, 0.05) is 12.6 Å². The van der Waals surface area contributed by atoms with Crippen LogP contribution in [0.3, 0.4) is 0 Å². The SMILES string of the molecule is COc1cc(C=C2Oc3cc(OCCN)ccc3C2=O)ccc1Oc1ccc(C#N)cc1C(F)(F)F. The maximum absolute atomic E-state index is 13.5. The number of hydrogen-bond donors (Lipinski definition) is 1. The lowest BCUT2D eigenvalue weighted by Crippen LogP contribution is -2.10. The van der Waals surface area contributed by atoms with Gasteiger partial charge >= 0.3 is 6.18 Å². The lowest BCUT2D eigenvalue weighted by Gasteiger charge is -2.16. The maximum atomic E-state index is 13.5. The molecule has 1 heterocycles. The van der Waals surface area contributed by atoms with Crippen LogP contribution in [0.15, 0.2) is 60.4 Å². The van der Waals surface area contributed by atoms with Gasteiger partial charge < -0.3 is 24.7 Å². The third-order valence-electron chi connectivity index (χ3n) is 5.15. The molecule has 0 saturated heterocycles. The van der Waals surface area contributed by atoms with Gasteiger partial charge in [0.25, 0.3) is 0 Å². The average molecular weight is 496 g/mol. The molecule has 2 N–H and O–H groups in total. The fourth-order valence-electron chi connectivity index (χ4n) is 3.47. The molecule has 3 aromatic carbocycles. The van der Waals surface area contributed by atoms with E-state index in [1.807, 2.05) is 0 Å². The van der Waals surface area contributed by atoms with Crippen molar-refractivity contribution in [3.8, 4) is 34.8 Å². The van der Waals surface area contributed by atoms with E-state index in [2.05, 4.69) is 0 Å². The van der Waals surface area contributed by atoms with Crippen LogP contribution in [0, 0.1) is 11.3 Å². The summed E-state index contributed by atoms with van der Waals surface area (Å²) in [5, 5.41) is 8.93. The monoisotopic (exact) mass is 496 g/mol. The van der Waals surface area contributed by atoms with Crippen molar-refractivity contribution < 1.29 is 36.9 Å². The first-order valence-electron chi connectivity index (χ1n) is 10.6. The molecular weight excluding hydrogens is 477 g/mol. The Balaban J connectivity index is 1.60. The van der Waals surface area contributed by atoms with Crippen LogP contribution in [0.25, 0.3) is 6.08 Å². The number of carbonyl (C=O) groups excluding carboxylic acids is 1. The Labute approximate surface area is 204 Å². The molecule has 0 radical (unpaired) electrons. The molecule has 1 aliphatic rings. The Kier molecular flexibility index (Phi) is 6.85. The number of hydrogen-bond acceptors (Lipinski definition) is 7. The van der Waals surface area contributed by atoms with E-state index >= 15 is 0 Å². The Bertz CT molecular complexity index is 1390. The third kappa shape index (κ3) is 5.11. The number of fused-ring (bicyclic) bond motifs is 1. The van der Waals surface area contributed by atoms with Gasteiger partial charge in [-0.25, -0.2) is 0 Å². The molecule has 0 spiro atoms. The molecule has 0 atom stereocenters. The van der Waals surface area contributed by atoms with E-state index in [0.717, 1.165) is 6.07 Å². The van der Waals surface area contributed by atoms with Crippen LogP contribution in [0.4, 0.5) is 13.2 Å². The van der Waals surface area contributed by atoms with Crippen LogP contribution in [0.1, 0.15) is 27.0 Å². The Morgan fingerprint density at radius 3 is 2.53 bits per heavy atom. The molecule has 0 unspecified atom stereocenters. The average Bonchev–Trinajstić information content (AvgIpc) is 3.17. The molecule has 184 valence electrons. The van der Waals surface area contributed by atoms with E-state index in [-0.39, 0.29) is 28.6 Å². The van der Waals surface area contributed by atoms with Crippen molar-refractivity contribution in [2.24, 2.45) is 5.73 Å². The highest BCUT2D eigenvalue weighted by Gasteiger charge is 2.35. The van der Waals surface area contributed by atoms with Crippen LogP contribution >= 0.6 is 0 Å². The molecule has 10 heteroatoms. The summed E-state index contributed by atoms with van der Waals surface area (Å²) in [4.78, 5) is 12.7. The fourth-order valence-corrected chi connectivity index (χ4v) is 3.47. The molecule has 0 aromatic heterocycles. The number of ketones is 1. The van der Waals surface area contributed by atoms with E-state index in [9.17, 15) is 18.0 Å². The molecule has 0 aliphatic carbocycles. The number of nitriles is 1. The summed E-state index contributed by atoms with van der Waals surface area (Å²) in [7, 11) is 1.33. The normalized spacial score (nSPS) is 13.7. The quantitative estimate of drug-likeness (QED) is 0.441. The number of Topliss-reactive ketones (excluding diaryl/α,β-unsaturated/α-hetero) is 1. The van der Waals surface area contributed by atoms with Gasteiger partial charge in [-0.2, -0.15) is 18.4 Å². The Hall–Kier alpha value is -4.49. The number of allylic oxidation sites excluding steroid dienone is 1. The van der Waals surface area contributed by atoms with Gasteiger partial charge in [-0.15, -0.1) is 0 Å². The predicted molar refractivity (Wildman–Crippen MR) is 123 cm³/mol. The largest absolute Gasteiger partial charge is 0.493 e. The van der Waals surface area contributed by atoms with Crippen molar-refractivity contribution in [2.75, 3.05) is 20.3 Å². The first-order valence-corrected chi connectivity index (χ1v) is 10.6. The highest BCUT2D eigenvalue weighted by atomic mass is 19.4. The summed E-state index contributed by atoms with van der Waals surface area (Å²) in [5.74, 6) is 0.236. The van der Waals surface area contributed by atoms with Crippen molar-refractivity contribution in [3.05, 3.63) is 82.6 Å². The molecule has 4 rings (SSSR count). The highest BCUT2D eigenvalue weighted by molar-refractivity contribution is 6.14. The van der Waals surface area contributed by atoms with Crippen molar-refractivity contribution in [3.63, 3.8) is 0 Å². The van der Waals surface area contributed by atoms with E-state index in [0.29, 0.717) is 41.8 Å². The van der Waals surface area contributed by atoms with Crippen LogP contribution in [0.2, 0.25) is 0 Å². The smallest absolute Gasteiger partial charge is 0.420 e. The van der Waals surface area contributed by atoms with Gasteiger partial charge in [0.15, 0.2) is 17.3 Å². The molecular formula is C26H19F3N2O5. The number of benzene rings is 3. The standard InChI is InChI=1S/C26H19F3N2O5/c1-33-23-11-15(12-24-25(32)18-5-4-17(34-9-8-30)13-22(18)36-24)2-7-21(23)35-20-6-3-16(14-31)10-19(20)26(27,28)29/h2-7,10-13H,8-9,30H2,1H3. The van der Waals surface area contributed by atoms with Gasteiger partial charge in [-0.05, 0) is 54.1 Å². The van der Waals surface area contributed by atoms with Gasteiger partial charge in [-0.1, -0.05) is 6.07 Å². The number of alkyl halides is 3. The number of methoxy groups -OCH3 is 1. The summed E-state index contributed by atoms with van der Waals surface area (Å²) in [6, 6.07) is 14.0. The molecule has 0 bridgehead atoms. The molecule has 36 heavy (non-hydrogen) atoms. The Morgan fingerprint density at radius 2 is 1.83 bits per heavy atom. The van der Waals surface area contributed by atoms with Crippen molar-refractivity contribution >= 4 is 11.9 Å². The third-order valence-corrected chi connectivity index (χ3v) is 5.15. The molecule has 1 aliphatic heterocycles.